The minimum atomic E-state index is 0.445. The summed E-state index contributed by atoms with van der Waals surface area (Å²) in [6, 6.07) is 15.6. The Morgan fingerprint density at radius 3 is 2.81 bits per heavy atom. The number of halogens is 1. The van der Waals surface area contributed by atoms with Crippen LogP contribution in [-0.2, 0) is 13.0 Å². The number of hydrogen-bond acceptors (Lipinski definition) is 4. The number of para-hydroxylation sites is 2. The van der Waals surface area contributed by atoms with E-state index in [1.54, 1.807) is 10.9 Å². The van der Waals surface area contributed by atoms with Gasteiger partial charge in [-0.15, -0.1) is 0 Å². The summed E-state index contributed by atoms with van der Waals surface area (Å²) >= 11 is 11.5. The monoisotopic (exact) mass is 396 g/mol. The van der Waals surface area contributed by atoms with Crippen molar-refractivity contribution in [1.29, 1.82) is 0 Å². The third kappa shape index (κ3) is 3.56. The minimum absolute atomic E-state index is 0.445. The molecule has 0 radical (unpaired) electrons. The van der Waals surface area contributed by atoms with E-state index in [9.17, 15) is 0 Å². The second-order valence-electron chi connectivity index (χ2n) is 6.07. The third-order valence-electron chi connectivity index (χ3n) is 4.34. The van der Waals surface area contributed by atoms with Gasteiger partial charge < -0.3 is 4.57 Å². The lowest BCUT2D eigenvalue weighted by Gasteiger charge is -2.06. The first kappa shape index (κ1) is 17.6. The topological polar surface area (TPSA) is 63.8 Å². The Morgan fingerprint density at radius 2 is 1.96 bits per heavy atom. The zero-order chi connectivity index (χ0) is 18.8. The van der Waals surface area contributed by atoms with Gasteiger partial charge >= 0.3 is 0 Å². The molecule has 0 amide bonds. The molecule has 0 fully saturated rings. The van der Waals surface area contributed by atoms with Crippen molar-refractivity contribution in [3.8, 4) is 0 Å². The first-order valence-corrected chi connectivity index (χ1v) is 9.29. The largest absolute Gasteiger partial charge is 0.328 e. The summed E-state index contributed by atoms with van der Waals surface area (Å²) in [5, 5.41) is 12.2. The number of aryl methyl sites for hydroxylation is 3. The predicted octanol–water partition coefficient (Wildman–Crippen LogP) is 4.38. The van der Waals surface area contributed by atoms with Gasteiger partial charge in [0.1, 0.15) is 5.82 Å². The van der Waals surface area contributed by atoms with Crippen LogP contribution in [0.25, 0.3) is 11.0 Å². The Labute approximate surface area is 166 Å². The average Bonchev–Trinajstić information content (AvgIpc) is 3.18. The summed E-state index contributed by atoms with van der Waals surface area (Å²) in [7, 11) is 0. The first-order chi connectivity index (χ1) is 13.1. The highest BCUT2D eigenvalue weighted by Crippen LogP contribution is 2.16. The Morgan fingerprint density at radius 1 is 1.19 bits per heavy atom. The third-order valence-corrected chi connectivity index (χ3v) is 4.95. The van der Waals surface area contributed by atoms with E-state index in [1.807, 2.05) is 49.4 Å². The quantitative estimate of drug-likeness (QED) is 0.402. The van der Waals surface area contributed by atoms with Crippen molar-refractivity contribution in [1.82, 2.24) is 24.4 Å². The molecule has 6 nitrogen and oxygen atoms in total. The lowest BCUT2D eigenvalue weighted by Crippen LogP contribution is -2.07. The van der Waals surface area contributed by atoms with Crippen LogP contribution in [0.1, 0.15) is 17.2 Å². The van der Waals surface area contributed by atoms with Crippen LogP contribution in [0.5, 0.6) is 0 Å². The van der Waals surface area contributed by atoms with Crippen LogP contribution in [0.4, 0.5) is 0 Å². The summed E-state index contributed by atoms with van der Waals surface area (Å²) in [4.78, 5) is 4.60. The van der Waals surface area contributed by atoms with E-state index >= 15 is 0 Å². The van der Waals surface area contributed by atoms with E-state index in [2.05, 4.69) is 30.9 Å². The number of fused-ring (bicyclic) bond motifs is 1. The van der Waals surface area contributed by atoms with Crippen molar-refractivity contribution in [2.75, 3.05) is 0 Å². The lowest BCUT2D eigenvalue weighted by atomic mass is 10.2. The second kappa shape index (κ2) is 7.46. The summed E-state index contributed by atoms with van der Waals surface area (Å²) in [5.41, 5.74) is 2.92. The highest BCUT2D eigenvalue weighted by molar-refractivity contribution is 7.71. The van der Waals surface area contributed by atoms with Gasteiger partial charge in [-0.3, -0.25) is 5.10 Å². The standard InChI is InChI=1S/C19H17ClN6S/c1-13-22-16-8-4-5-9-17(16)25(13)11-10-18-23-24-19(27)26(18)21-12-14-6-2-3-7-15(14)20/h2-9,12H,10-11H2,1H3,(H,24,27)/b21-12+. The second-order valence-corrected chi connectivity index (χ2v) is 6.87. The fourth-order valence-corrected chi connectivity index (χ4v) is 3.38. The number of benzene rings is 2. The first-order valence-electron chi connectivity index (χ1n) is 8.50. The SMILES string of the molecule is Cc1nc2ccccc2n1CCc1n[nH]c(=S)n1/N=C/c1ccccc1Cl. The van der Waals surface area contributed by atoms with Crippen LogP contribution in [0, 0.1) is 11.7 Å². The highest BCUT2D eigenvalue weighted by Gasteiger charge is 2.10. The Bertz CT molecular complexity index is 1190. The van der Waals surface area contributed by atoms with Crippen molar-refractivity contribution in [3.05, 3.63) is 75.5 Å². The number of nitrogens with zero attached hydrogens (tertiary/aromatic N) is 5. The van der Waals surface area contributed by atoms with Gasteiger partial charge in [0.2, 0.25) is 4.77 Å². The fourth-order valence-electron chi connectivity index (χ4n) is 2.99. The molecule has 27 heavy (non-hydrogen) atoms. The van der Waals surface area contributed by atoms with Gasteiger partial charge in [-0.1, -0.05) is 41.9 Å². The molecule has 136 valence electrons. The van der Waals surface area contributed by atoms with Crippen LogP contribution in [0.3, 0.4) is 0 Å². The molecule has 1 N–H and O–H groups in total. The fraction of sp³-hybridized carbons (Fsp3) is 0.158. The maximum Gasteiger partial charge on any atom is 0.216 e. The molecule has 0 aliphatic rings. The molecule has 0 aliphatic carbocycles. The number of rotatable bonds is 5. The number of imidazole rings is 1. The molecule has 0 unspecified atom stereocenters. The molecule has 0 saturated carbocycles. The zero-order valence-electron chi connectivity index (χ0n) is 14.6. The molecular weight excluding hydrogens is 380 g/mol. The van der Waals surface area contributed by atoms with Gasteiger partial charge in [0, 0.05) is 23.6 Å². The lowest BCUT2D eigenvalue weighted by molar-refractivity contribution is 0.643. The summed E-state index contributed by atoms with van der Waals surface area (Å²) in [5.74, 6) is 1.72. The van der Waals surface area contributed by atoms with Crippen molar-refractivity contribution in [2.45, 2.75) is 19.9 Å². The average molecular weight is 397 g/mol. The van der Waals surface area contributed by atoms with Gasteiger partial charge in [-0.25, -0.2) is 4.98 Å². The van der Waals surface area contributed by atoms with E-state index in [4.69, 9.17) is 23.8 Å². The van der Waals surface area contributed by atoms with E-state index in [0.717, 1.165) is 34.8 Å². The van der Waals surface area contributed by atoms with Crippen molar-refractivity contribution in [2.24, 2.45) is 5.10 Å². The molecule has 0 aliphatic heterocycles. The molecule has 2 aromatic carbocycles. The maximum atomic E-state index is 6.19. The molecule has 0 spiro atoms. The van der Waals surface area contributed by atoms with Crippen LogP contribution >= 0.6 is 23.8 Å². The molecular formula is C19H17ClN6S. The van der Waals surface area contributed by atoms with Crippen molar-refractivity contribution >= 4 is 41.1 Å². The normalized spacial score (nSPS) is 11.6. The molecule has 8 heteroatoms. The molecule has 0 saturated heterocycles. The van der Waals surface area contributed by atoms with Crippen LogP contribution in [0.15, 0.2) is 53.6 Å². The van der Waals surface area contributed by atoms with Crippen molar-refractivity contribution < 1.29 is 0 Å². The van der Waals surface area contributed by atoms with Gasteiger partial charge in [0.25, 0.3) is 0 Å². The Kier molecular flexibility index (Phi) is 4.87. The summed E-state index contributed by atoms with van der Waals surface area (Å²) < 4.78 is 4.25. The molecule has 4 rings (SSSR count). The summed E-state index contributed by atoms with van der Waals surface area (Å²) in [6.45, 7) is 2.74. The van der Waals surface area contributed by atoms with Crippen molar-refractivity contribution in [3.63, 3.8) is 0 Å². The van der Waals surface area contributed by atoms with Gasteiger partial charge in [-0.2, -0.15) is 14.9 Å². The Balaban J connectivity index is 1.60. The molecule has 2 heterocycles. The van der Waals surface area contributed by atoms with E-state index in [0.29, 0.717) is 16.2 Å². The Hall–Kier alpha value is -2.77. The van der Waals surface area contributed by atoms with Crippen LogP contribution < -0.4 is 0 Å². The number of aromatic nitrogens is 5. The minimum Gasteiger partial charge on any atom is -0.328 e. The number of hydrogen-bond donors (Lipinski definition) is 1. The predicted molar refractivity (Wildman–Crippen MR) is 110 cm³/mol. The zero-order valence-corrected chi connectivity index (χ0v) is 16.2. The van der Waals surface area contributed by atoms with Gasteiger partial charge in [0.15, 0.2) is 5.82 Å². The van der Waals surface area contributed by atoms with E-state index in [1.165, 1.54) is 0 Å². The number of nitrogens with one attached hydrogen (secondary N) is 1. The van der Waals surface area contributed by atoms with E-state index in [-0.39, 0.29) is 0 Å². The van der Waals surface area contributed by atoms with Gasteiger partial charge in [-0.05, 0) is 37.3 Å². The number of H-pyrrole nitrogens is 1. The molecule has 2 aromatic heterocycles. The van der Waals surface area contributed by atoms with Crippen LogP contribution in [0.2, 0.25) is 5.02 Å². The molecule has 4 aromatic rings. The smallest absolute Gasteiger partial charge is 0.216 e. The highest BCUT2D eigenvalue weighted by atomic mass is 35.5. The van der Waals surface area contributed by atoms with Crippen LogP contribution in [-0.4, -0.2) is 30.6 Å². The molecule has 0 atom stereocenters. The maximum absolute atomic E-state index is 6.19. The molecule has 0 bridgehead atoms. The number of aromatic amines is 1. The van der Waals surface area contributed by atoms with Gasteiger partial charge in [0.05, 0.1) is 17.2 Å². The van der Waals surface area contributed by atoms with E-state index < -0.39 is 0 Å². The summed E-state index contributed by atoms with van der Waals surface area (Å²) in [6.07, 6.45) is 2.35.